The molecule has 22 heavy (non-hydrogen) atoms. The van der Waals surface area contributed by atoms with Gasteiger partial charge in [0.15, 0.2) is 0 Å². The number of aromatic nitrogens is 2. The Morgan fingerprint density at radius 3 is 2.73 bits per heavy atom. The van der Waals surface area contributed by atoms with Crippen LogP contribution in [0.2, 0.25) is 0 Å². The fourth-order valence-electron chi connectivity index (χ4n) is 2.04. The minimum Gasteiger partial charge on any atom is -0.331 e. The molecule has 0 aliphatic heterocycles. The van der Waals surface area contributed by atoms with E-state index in [0.29, 0.717) is 16.6 Å². The van der Waals surface area contributed by atoms with E-state index in [1.165, 1.54) is 11.3 Å². The molecule has 7 heteroatoms. The smallest absolute Gasteiger partial charge is 0.321 e. The number of urea groups is 1. The third kappa shape index (κ3) is 3.40. The molecular formula is C15H15N5OS. The summed E-state index contributed by atoms with van der Waals surface area (Å²) in [4.78, 5) is 12.0. The van der Waals surface area contributed by atoms with Gasteiger partial charge in [0.05, 0.1) is 17.7 Å². The first-order valence-corrected chi connectivity index (χ1v) is 7.88. The first-order valence-electron chi connectivity index (χ1n) is 7.06. The number of rotatable bonds is 4. The Labute approximate surface area is 132 Å². The highest BCUT2D eigenvalue weighted by molar-refractivity contribution is 7.15. The molecule has 0 radical (unpaired) electrons. The molecule has 2 aromatic rings. The average Bonchev–Trinajstić information content (AvgIpc) is 3.27. The quantitative estimate of drug-likeness (QED) is 0.907. The van der Waals surface area contributed by atoms with Crippen molar-refractivity contribution in [3.8, 4) is 6.07 Å². The summed E-state index contributed by atoms with van der Waals surface area (Å²) >= 11 is 1.43. The number of carbonyl (C=O) groups is 1. The van der Waals surface area contributed by atoms with E-state index in [9.17, 15) is 4.79 Å². The number of nitrogens with one attached hydrogen (secondary N) is 2. The number of nitrogens with zero attached hydrogens (tertiary/aromatic N) is 3. The van der Waals surface area contributed by atoms with Gasteiger partial charge < -0.3 is 5.32 Å². The van der Waals surface area contributed by atoms with E-state index in [1.54, 1.807) is 12.1 Å². The lowest BCUT2D eigenvalue weighted by Crippen LogP contribution is -2.31. The van der Waals surface area contributed by atoms with Gasteiger partial charge in [-0.1, -0.05) is 23.5 Å². The molecule has 2 N–H and O–H groups in total. The molecule has 1 atom stereocenters. The Kier molecular flexibility index (Phi) is 4.02. The highest BCUT2D eigenvalue weighted by Crippen LogP contribution is 2.42. The van der Waals surface area contributed by atoms with Crippen LogP contribution >= 0.6 is 11.3 Å². The Hall–Kier alpha value is -2.46. The highest BCUT2D eigenvalue weighted by atomic mass is 32.1. The number of hydrogen-bond donors (Lipinski definition) is 2. The van der Waals surface area contributed by atoms with Crippen molar-refractivity contribution < 1.29 is 4.79 Å². The fourth-order valence-corrected chi connectivity index (χ4v) is 2.95. The van der Waals surface area contributed by atoms with Crippen LogP contribution in [0, 0.1) is 11.3 Å². The van der Waals surface area contributed by atoms with Crippen LogP contribution in [0.5, 0.6) is 0 Å². The van der Waals surface area contributed by atoms with Crippen LogP contribution in [0.15, 0.2) is 24.3 Å². The monoisotopic (exact) mass is 313 g/mol. The molecule has 1 heterocycles. The molecule has 1 aliphatic rings. The Bertz CT molecular complexity index is 714. The maximum atomic E-state index is 12.0. The topological polar surface area (TPSA) is 90.7 Å². The lowest BCUT2D eigenvalue weighted by atomic mass is 10.1. The SMILES string of the molecule is C[C@@H](NC(=O)Nc1nnc(C2CC2)s1)c1ccc(C#N)cc1. The molecule has 3 rings (SSSR count). The fraction of sp³-hybridized carbons (Fsp3) is 0.333. The summed E-state index contributed by atoms with van der Waals surface area (Å²) in [5, 5.41) is 23.9. The number of benzene rings is 1. The predicted molar refractivity (Wildman–Crippen MR) is 83.6 cm³/mol. The van der Waals surface area contributed by atoms with E-state index in [2.05, 4.69) is 26.9 Å². The van der Waals surface area contributed by atoms with Crippen molar-refractivity contribution in [2.24, 2.45) is 0 Å². The second-order valence-corrected chi connectivity index (χ2v) is 6.28. The standard InChI is InChI=1S/C15H15N5OS/c1-9(11-4-2-10(8-16)3-5-11)17-14(21)18-15-20-19-13(22-15)12-6-7-12/h2-5,9,12H,6-7H2,1H3,(H2,17,18,20,21)/t9-/m1/s1. The van der Waals surface area contributed by atoms with E-state index in [-0.39, 0.29) is 12.1 Å². The van der Waals surface area contributed by atoms with E-state index >= 15 is 0 Å². The molecular weight excluding hydrogens is 298 g/mol. The number of amides is 2. The predicted octanol–water partition coefficient (Wildman–Crippen LogP) is 3.17. The zero-order chi connectivity index (χ0) is 15.5. The second-order valence-electron chi connectivity index (χ2n) is 5.27. The normalized spacial score (nSPS) is 14.9. The van der Waals surface area contributed by atoms with Crippen LogP contribution < -0.4 is 10.6 Å². The van der Waals surface area contributed by atoms with Gasteiger partial charge in [-0.05, 0) is 37.5 Å². The second kappa shape index (κ2) is 6.12. The first kappa shape index (κ1) is 14.5. The maximum absolute atomic E-state index is 12.0. The number of anilines is 1. The van der Waals surface area contributed by atoms with Crippen molar-refractivity contribution in [1.29, 1.82) is 5.26 Å². The van der Waals surface area contributed by atoms with Crippen LogP contribution in [0.1, 0.15) is 47.9 Å². The summed E-state index contributed by atoms with van der Waals surface area (Å²) in [5.74, 6) is 0.536. The molecule has 0 unspecified atom stereocenters. The molecule has 6 nitrogen and oxygen atoms in total. The van der Waals surface area contributed by atoms with Gasteiger partial charge in [0.25, 0.3) is 0 Å². The molecule has 1 aromatic heterocycles. The average molecular weight is 313 g/mol. The van der Waals surface area contributed by atoms with E-state index in [0.717, 1.165) is 23.4 Å². The largest absolute Gasteiger partial charge is 0.331 e. The van der Waals surface area contributed by atoms with Crippen LogP contribution in [0.3, 0.4) is 0 Å². The zero-order valence-corrected chi connectivity index (χ0v) is 12.9. The van der Waals surface area contributed by atoms with Crippen LogP contribution in [0.25, 0.3) is 0 Å². The molecule has 0 bridgehead atoms. The van der Waals surface area contributed by atoms with Gasteiger partial charge in [-0.2, -0.15) is 5.26 Å². The Morgan fingerprint density at radius 1 is 1.36 bits per heavy atom. The highest BCUT2D eigenvalue weighted by Gasteiger charge is 2.27. The molecule has 1 aliphatic carbocycles. The van der Waals surface area contributed by atoms with Gasteiger partial charge in [0.1, 0.15) is 5.01 Å². The molecule has 1 fully saturated rings. The lowest BCUT2D eigenvalue weighted by molar-refractivity contribution is 0.249. The van der Waals surface area contributed by atoms with Crippen LogP contribution in [-0.4, -0.2) is 16.2 Å². The van der Waals surface area contributed by atoms with E-state index in [1.807, 2.05) is 19.1 Å². The summed E-state index contributed by atoms with van der Waals surface area (Å²) in [6, 6.07) is 8.73. The Morgan fingerprint density at radius 2 is 2.09 bits per heavy atom. The molecule has 0 saturated heterocycles. The minimum atomic E-state index is -0.310. The number of hydrogen-bond acceptors (Lipinski definition) is 5. The van der Waals surface area contributed by atoms with Gasteiger partial charge in [0.2, 0.25) is 5.13 Å². The van der Waals surface area contributed by atoms with Gasteiger partial charge in [0, 0.05) is 5.92 Å². The van der Waals surface area contributed by atoms with Crippen LogP contribution in [-0.2, 0) is 0 Å². The van der Waals surface area contributed by atoms with Gasteiger partial charge >= 0.3 is 6.03 Å². The summed E-state index contributed by atoms with van der Waals surface area (Å²) in [5.41, 5.74) is 1.53. The number of carbonyl (C=O) groups excluding carboxylic acids is 1. The third-order valence-electron chi connectivity index (χ3n) is 3.48. The molecule has 1 aromatic carbocycles. The van der Waals surface area contributed by atoms with Crippen molar-refractivity contribution >= 4 is 22.5 Å². The summed E-state index contributed by atoms with van der Waals surface area (Å²) in [6.07, 6.45) is 2.33. The first-order chi connectivity index (χ1) is 10.7. The summed E-state index contributed by atoms with van der Waals surface area (Å²) in [7, 11) is 0. The summed E-state index contributed by atoms with van der Waals surface area (Å²) in [6.45, 7) is 1.89. The minimum absolute atomic E-state index is 0.163. The molecule has 112 valence electrons. The molecule has 2 amide bonds. The van der Waals surface area contributed by atoms with Crippen molar-refractivity contribution in [2.45, 2.75) is 31.7 Å². The maximum Gasteiger partial charge on any atom is 0.321 e. The zero-order valence-electron chi connectivity index (χ0n) is 12.0. The molecule has 0 spiro atoms. The van der Waals surface area contributed by atoms with E-state index < -0.39 is 0 Å². The van der Waals surface area contributed by atoms with E-state index in [4.69, 9.17) is 5.26 Å². The number of nitriles is 1. The van der Waals surface area contributed by atoms with Crippen LogP contribution in [0.4, 0.5) is 9.93 Å². The van der Waals surface area contributed by atoms with Crippen molar-refractivity contribution in [2.75, 3.05) is 5.32 Å². The Balaban J connectivity index is 1.56. The van der Waals surface area contributed by atoms with Crippen molar-refractivity contribution in [3.63, 3.8) is 0 Å². The third-order valence-corrected chi connectivity index (χ3v) is 4.48. The van der Waals surface area contributed by atoms with Gasteiger partial charge in [-0.25, -0.2) is 4.79 Å². The molecule has 1 saturated carbocycles. The van der Waals surface area contributed by atoms with Gasteiger partial charge in [-0.3, -0.25) is 5.32 Å². The van der Waals surface area contributed by atoms with Crippen molar-refractivity contribution in [1.82, 2.24) is 15.5 Å². The van der Waals surface area contributed by atoms with Crippen molar-refractivity contribution in [3.05, 3.63) is 40.4 Å². The van der Waals surface area contributed by atoms with Gasteiger partial charge in [-0.15, -0.1) is 10.2 Å². The summed E-state index contributed by atoms with van der Waals surface area (Å²) < 4.78 is 0. The lowest BCUT2D eigenvalue weighted by Gasteiger charge is -2.14.